The Morgan fingerprint density at radius 2 is 1.81 bits per heavy atom. The molecule has 0 aromatic rings. The molecule has 1 atom stereocenters. The van der Waals surface area contributed by atoms with E-state index in [-0.39, 0.29) is 12.7 Å². The third-order valence-electron chi connectivity index (χ3n) is 3.94. The lowest BCUT2D eigenvalue weighted by Gasteiger charge is -2.42. The van der Waals surface area contributed by atoms with Gasteiger partial charge in [-0.25, -0.2) is 4.79 Å². The molecule has 2 aliphatic rings. The molecule has 2 fully saturated rings. The lowest BCUT2D eigenvalue weighted by Crippen LogP contribution is -2.62. The van der Waals surface area contributed by atoms with Crippen molar-refractivity contribution in [2.24, 2.45) is 0 Å². The summed E-state index contributed by atoms with van der Waals surface area (Å²) in [5, 5.41) is 9.52. The second-order valence-electron chi connectivity index (χ2n) is 6.59. The smallest absolute Gasteiger partial charge is 0.410 e. The summed E-state index contributed by atoms with van der Waals surface area (Å²) in [4.78, 5) is 27.2. The number of ether oxygens (including phenoxy) is 2. The minimum Gasteiger partial charge on any atom is -0.480 e. The summed E-state index contributed by atoms with van der Waals surface area (Å²) in [5.41, 5.74) is -1.45. The second kappa shape index (κ2) is 5.81. The maximum Gasteiger partial charge on any atom is 0.410 e. The van der Waals surface area contributed by atoms with Crippen LogP contribution in [0.5, 0.6) is 0 Å². The zero-order valence-corrected chi connectivity index (χ0v) is 12.9. The van der Waals surface area contributed by atoms with E-state index in [1.54, 1.807) is 4.90 Å². The van der Waals surface area contributed by atoms with Crippen molar-refractivity contribution >= 4 is 12.1 Å². The normalized spacial score (nSPS) is 27.7. The standard InChI is InChI=1S/C14H24N2O5/c1-13(2,3)21-12(19)15-5-7-16(8-6-15)14(11(17)18)4-9-20-10-14/h4-10H2,1-3H3,(H,17,18)/t14-/m0/s1. The van der Waals surface area contributed by atoms with Crippen LogP contribution in [0.2, 0.25) is 0 Å². The number of aliphatic carboxylic acids is 1. The quantitative estimate of drug-likeness (QED) is 0.812. The van der Waals surface area contributed by atoms with Gasteiger partial charge in [-0.1, -0.05) is 0 Å². The van der Waals surface area contributed by atoms with Gasteiger partial charge in [0.2, 0.25) is 0 Å². The van der Waals surface area contributed by atoms with Crippen molar-refractivity contribution in [1.82, 2.24) is 9.80 Å². The average molecular weight is 300 g/mol. The molecule has 2 aliphatic heterocycles. The van der Waals surface area contributed by atoms with Crippen LogP contribution >= 0.6 is 0 Å². The van der Waals surface area contributed by atoms with Crippen LogP contribution in [0.25, 0.3) is 0 Å². The lowest BCUT2D eigenvalue weighted by atomic mass is 9.95. The summed E-state index contributed by atoms with van der Waals surface area (Å²) >= 11 is 0. The van der Waals surface area contributed by atoms with Gasteiger partial charge in [0.15, 0.2) is 0 Å². The second-order valence-corrected chi connectivity index (χ2v) is 6.59. The van der Waals surface area contributed by atoms with Gasteiger partial charge < -0.3 is 19.5 Å². The Balaban J connectivity index is 1.94. The molecule has 21 heavy (non-hydrogen) atoms. The minimum atomic E-state index is -0.931. The third kappa shape index (κ3) is 3.47. The first-order valence-electron chi connectivity index (χ1n) is 7.29. The van der Waals surface area contributed by atoms with Gasteiger partial charge in [-0.2, -0.15) is 0 Å². The molecule has 0 aromatic heterocycles. The van der Waals surface area contributed by atoms with E-state index >= 15 is 0 Å². The van der Waals surface area contributed by atoms with Crippen LogP contribution in [0.4, 0.5) is 4.79 Å². The van der Waals surface area contributed by atoms with Crippen molar-refractivity contribution < 1.29 is 24.2 Å². The van der Waals surface area contributed by atoms with Gasteiger partial charge in [-0.05, 0) is 20.8 Å². The number of carbonyl (C=O) groups excluding carboxylic acids is 1. The number of carbonyl (C=O) groups is 2. The summed E-state index contributed by atoms with van der Waals surface area (Å²) in [6.07, 6.45) is 0.156. The van der Waals surface area contributed by atoms with Crippen LogP contribution in [-0.4, -0.2) is 77.5 Å². The van der Waals surface area contributed by atoms with E-state index in [4.69, 9.17) is 9.47 Å². The zero-order chi connectivity index (χ0) is 15.7. The Labute approximate surface area is 124 Å². The number of rotatable bonds is 2. The molecule has 0 radical (unpaired) electrons. The van der Waals surface area contributed by atoms with Crippen molar-refractivity contribution in [2.75, 3.05) is 39.4 Å². The Hall–Kier alpha value is -1.34. The molecule has 7 nitrogen and oxygen atoms in total. The number of hydrogen-bond acceptors (Lipinski definition) is 5. The highest BCUT2D eigenvalue weighted by Crippen LogP contribution is 2.28. The van der Waals surface area contributed by atoms with Crippen LogP contribution in [0.1, 0.15) is 27.2 Å². The zero-order valence-electron chi connectivity index (χ0n) is 12.9. The molecule has 7 heteroatoms. The Bertz CT molecular complexity index is 404. The predicted octanol–water partition coefficient (Wildman–Crippen LogP) is 0.783. The molecule has 0 unspecified atom stereocenters. The first-order valence-corrected chi connectivity index (χ1v) is 7.29. The van der Waals surface area contributed by atoms with Gasteiger partial charge >= 0.3 is 12.1 Å². The topological polar surface area (TPSA) is 79.3 Å². The SMILES string of the molecule is CC(C)(C)OC(=O)N1CCN([C@@]2(C(=O)O)CCOC2)CC1. The maximum atomic E-state index is 12.0. The molecule has 2 saturated heterocycles. The van der Waals surface area contributed by atoms with Crippen molar-refractivity contribution in [3.63, 3.8) is 0 Å². The van der Waals surface area contributed by atoms with E-state index in [0.717, 1.165) is 0 Å². The van der Waals surface area contributed by atoms with Gasteiger partial charge in [0.05, 0.1) is 6.61 Å². The average Bonchev–Trinajstić information content (AvgIpc) is 2.87. The van der Waals surface area contributed by atoms with Crippen molar-refractivity contribution in [2.45, 2.75) is 38.3 Å². The first-order chi connectivity index (χ1) is 9.74. The summed E-state index contributed by atoms with van der Waals surface area (Å²) < 4.78 is 10.6. The molecular formula is C14H24N2O5. The van der Waals surface area contributed by atoms with Crippen LogP contribution in [0.15, 0.2) is 0 Å². The molecule has 0 aromatic carbocycles. The van der Waals surface area contributed by atoms with Gasteiger partial charge in [0, 0.05) is 39.2 Å². The highest BCUT2D eigenvalue weighted by Gasteiger charge is 2.48. The van der Waals surface area contributed by atoms with Crippen molar-refractivity contribution in [1.29, 1.82) is 0 Å². The molecular weight excluding hydrogens is 276 g/mol. The fourth-order valence-corrected chi connectivity index (χ4v) is 2.75. The molecule has 1 N–H and O–H groups in total. The molecule has 120 valence electrons. The van der Waals surface area contributed by atoms with Crippen LogP contribution < -0.4 is 0 Å². The van der Waals surface area contributed by atoms with E-state index in [2.05, 4.69) is 0 Å². The highest BCUT2D eigenvalue weighted by atomic mass is 16.6. The van der Waals surface area contributed by atoms with E-state index in [9.17, 15) is 14.7 Å². The first kappa shape index (κ1) is 16.0. The Kier molecular flexibility index (Phi) is 4.43. The fraction of sp³-hybridized carbons (Fsp3) is 0.857. The molecule has 1 amide bonds. The molecule has 0 bridgehead atoms. The van der Waals surface area contributed by atoms with Gasteiger partial charge in [-0.3, -0.25) is 9.69 Å². The summed E-state index contributed by atoms with van der Waals surface area (Å²) in [6.45, 7) is 8.17. The summed E-state index contributed by atoms with van der Waals surface area (Å²) in [6, 6.07) is 0. The van der Waals surface area contributed by atoms with E-state index in [1.165, 1.54) is 0 Å². The molecule has 0 spiro atoms. The third-order valence-corrected chi connectivity index (χ3v) is 3.94. The van der Waals surface area contributed by atoms with E-state index in [1.807, 2.05) is 25.7 Å². The number of carboxylic acids is 1. The van der Waals surface area contributed by atoms with Crippen LogP contribution in [0.3, 0.4) is 0 Å². The van der Waals surface area contributed by atoms with Gasteiger partial charge in [-0.15, -0.1) is 0 Å². The van der Waals surface area contributed by atoms with E-state index < -0.39 is 17.1 Å². The molecule has 0 aliphatic carbocycles. The molecule has 2 rings (SSSR count). The largest absolute Gasteiger partial charge is 0.480 e. The summed E-state index contributed by atoms with van der Waals surface area (Å²) in [7, 11) is 0. The summed E-state index contributed by atoms with van der Waals surface area (Å²) in [5.74, 6) is -0.842. The minimum absolute atomic E-state index is 0.217. The Morgan fingerprint density at radius 3 is 2.24 bits per heavy atom. The van der Waals surface area contributed by atoms with Crippen molar-refractivity contribution in [3.05, 3.63) is 0 Å². The van der Waals surface area contributed by atoms with Crippen LogP contribution in [-0.2, 0) is 14.3 Å². The monoisotopic (exact) mass is 300 g/mol. The number of piperazine rings is 1. The molecule has 2 heterocycles. The van der Waals surface area contributed by atoms with Crippen LogP contribution in [0, 0.1) is 0 Å². The predicted molar refractivity (Wildman–Crippen MR) is 75.2 cm³/mol. The maximum absolute atomic E-state index is 12.0. The lowest BCUT2D eigenvalue weighted by molar-refractivity contribution is -0.153. The number of nitrogens with zero attached hydrogens (tertiary/aromatic N) is 2. The Morgan fingerprint density at radius 1 is 1.19 bits per heavy atom. The fourth-order valence-electron chi connectivity index (χ4n) is 2.75. The molecule has 0 saturated carbocycles. The number of carboxylic acid groups (broad SMARTS) is 1. The van der Waals surface area contributed by atoms with Gasteiger partial charge in [0.1, 0.15) is 11.1 Å². The number of hydrogen-bond donors (Lipinski definition) is 1. The highest BCUT2D eigenvalue weighted by molar-refractivity contribution is 5.79. The van der Waals surface area contributed by atoms with Gasteiger partial charge in [0.25, 0.3) is 0 Å². The van der Waals surface area contributed by atoms with Crippen molar-refractivity contribution in [3.8, 4) is 0 Å². The number of amides is 1. The van der Waals surface area contributed by atoms with E-state index in [0.29, 0.717) is 39.2 Å².